The fraction of sp³-hybridized carbons (Fsp3) is 0.500. The molecule has 0 amide bonds. The topological polar surface area (TPSA) is 56.5 Å². The third-order valence-corrected chi connectivity index (χ3v) is 2.90. The summed E-state index contributed by atoms with van der Waals surface area (Å²) >= 11 is 5.97. The Labute approximate surface area is 111 Å². The molecule has 0 heterocycles. The van der Waals surface area contributed by atoms with Gasteiger partial charge in [0.2, 0.25) is 0 Å². The summed E-state index contributed by atoms with van der Waals surface area (Å²) in [5.41, 5.74) is 6.17. The molecule has 1 rings (SSSR count). The van der Waals surface area contributed by atoms with Gasteiger partial charge < -0.3 is 20.5 Å². The van der Waals surface area contributed by atoms with E-state index in [9.17, 15) is 4.39 Å². The molecule has 0 saturated carbocycles. The lowest BCUT2D eigenvalue weighted by atomic mass is 10.2. The zero-order valence-corrected chi connectivity index (χ0v) is 11.2. The van der Waals surface area contributed by atoms with E-state index in [1.54, 1.807) is 14.2 Å². The largest absolute Gasteiger partial charge is 0.380 e. The number of methoxy groups -OCH3 is 2. The highest BCUT2D eigenvalue weighted by Crippen LogP contribution is 2.23. The fourth-order valence-corrected chi connectivity index (χ4v) is 1.74. The quantitative estimate of drug-likeness (QED) is 0.750. The lowest BCUT2D eigenvalue weighted by Crippen LogP contribution is -2.34. The van der Waals surface area contributed by atoms with Crippen LogP contribution in [0.25, 0.3) is 0 Å². The van der Waals surface area contributed by atoms with Gasteiger partial charge in [0.25, 0.3) is 0 Å². The van der Waals surface area contributed by atoms with Crippen molar-refractivity contribution in [1.29, 1.82) is 0 Å². The van der Waals surface area contributed by atoms with Crippen molar-refractivity contribution in [3.63, 3.8) is 0 Å². The predicted molar refractivity (Wildman–Crippen MR) is 70.3 cm³/mol. The van der Waals surface area contributed by atoms with Crippen molar-refractivity contribution in [3.8, 4) is 0 Å². The first-order valence-electron chi connectivity index (χ1n) is 5.58. The monoisotopic (exact) mass is 276 g/mol. The number of nitrogens with two attached hydrogens (primary N) is 1. The molecular weight excluding hydrogens is 259 g/mol. The number of anilines is 1. The van der Waals surface area contributed by atoms with E-state index in [0.29, 0.717) is 23.7 Å². The molecule has 6 heteroatoms. The van der Waals surface area contributed by atoms with Gasteiger partial charge in [0.15, 0.2) is 6.29 Å². The first kappa shape index (κ1) is 15.2. The Morgan fingerprint density at radius 3 is 2.61 bits per heavy atom. The molecule has 0 saturated heterocycles. The van der Waals surface area contributed by atoms with Crippen molar-refractivity contribution in [1.82, 2.24) is 0 Å². The third kappa shape index (κ3) is 4.42. The van der Waals surface area contributed by atoms with Crippen LogP contribution in [0, 0.1) is 5.82 Å². The van der Waals surface area contributed by atoms with E-state index in [1.807, 2.05) is 0 Å². The molecule has 0 bridgehead atoms. The second-order valence-electron chi connectivity index (χ2n) is 3.84. The van der Waals surface area contributed by atoms with Crippen LogP contribution in [0.4, 0.5) is 10.1 Å². The van der Waals surface area contributed by atoms with Gasteiger partial charge in [-0.15, -0.1) is 0 Å². The van der Waals surface area contributed by atoms with Crippen LogP contribution in [0.1, 0.15) is 6.42 Å². The van der Waals surface area contributed by atoms with E-state index in [4.69, 9.17) is 26.8 Å². The Balaban J connectivity index is 2.70. The van der Waals surface area contributed by atoms with Gasteiger partial charge in [-0.2, -0.15) is 0 Å². The third-order valence-electron chi connectivity index (χ3n) is 2.58. The van der Waals surface area contributed by atoms with Crippen molar-refractivity contribution in [2.24, 2.45) is 5.73 Å². The highest BCUT2D eigenvalue weighted by molar-refractivity contribution is 6.33. The van der Waals surface area contributed by atoms with Crippen LogP contribution in [0.15, 0.2) is 18.2 Å². The van der Waals surface area contributed by atoms with Gasteiger partial charge in [-0.25, -0.2) is 4.39 Å². The van der Waals surface area contributed by atoms with E-state index >= 15 is 0 Å². The average Bonchev–Trinajstić information content (AvgIpc) is 2.38. The number of hydrogen-bond donors (Lipinski definition) is 2. The van der Waals surface area contributed by atoms with Crippen molar-refractivity contribution < 1.29 is 13.9 Å². The Bertz CT molecular complexity index is 375. The van der Waals surface area contributed by atoms with Gasteiger partial charge in [-0.1, -0.05) is 11.6 Å². The zero-order valence-electron chi connectivity index (χ0n) is 10.5. The van der Waals surface area contributed by atoms with E-state index in [1.165, 1.54) is 18.2 Å². The molecule has 0 aliphatic carbocycles. The molecule has 0 spiro atoms. The standard InChI is InChI=1S/C12H18ClFN2O2/c1-17-12(18-2)6-9(7-15)16-11-5-8(14)3-4-10(11)13/h3-5,9,12,16H,6-7,15H2,1-2H3. The van der Waals surface area contributed by atoms with Gasteiger partial charge in [0, 0.05) is 33.2 Å². The molecule has 1 aromatic rings. The maximum absolute atomic E-state index is 13.1. The van der Waals surface area contributed by atoms with E-state index in [-0.39, 0.29) is 18.1 Å². The molecule has 0 aliphatic heterocycles. The van der Waals surface area contributed by atoms with Crippen molar-refractivity contribution in [2.75, 3.05) is 26.1 Å². The summed E-state index contributed by atoms with van der Waals surface area (Å²) in [5, 5.41) is 3.53. The molecular formula is C12H18ClFN2O2. The summed E-state index contributed by atoms with van der Waals surface area (Å²) in [6.45, 7) is 0.357. The van der Waals surface area contributed by atoms with Crippen LogP contribution in [0.3, 0.4) is 0 Å². The molecule has 1 unspecified atom stereocenters. The van der Waals surface area contributed by atoms with E-state index in [2.05, 4.69) is 5.32 Å². The molecule has 1 atom stereocenters. The smallest absolute Gasteiger partial charge is 0.158 e. The first-order chi connectivity index (χ1) is 8.60. The molecule has 1 aromatic carbocycles. The Hall–Kier alpha value is -0.880. The second-order valence-corrected chi connectivity index (χ2v) is 4.24. The first-order valence-corrected chi connectivity index (χ1v) is 5.95. The minimum absolute atomic E-state index is 0.116. The SMILES string of the molecule is COC(CC(CN)Nc1cc(F)ccc1Cl)OC. The highest BCUT2D eigenvalue weighted by atomic mass is 35.5. The zero-order chi connectivity index (χ0) is 13.5. The van der Waals surface area contributed by atoms with Crippen LogP contribution in [-0.4, -0.2) is 33.1 Å². The van der Waals surface area contributed by atoms with Gasteiger partial charge >= 0.3 is 0 Å². The highest BCUT2D eigenvalue weighted by Gasteiger charge is 2.15. The molecule has 18 heavy (non-hydrogen) atoms. The maximum atomic E-state index is 13.1. The summed E-state index contributed by atoms with van der Waals surface area (Å²) in [7, 11) is 3.10. The molecule has 0 fully saturated rings. The van der Waals surface area contributed by atoms with Crippen LogP contribution < -0.4 is 11.1 Å². The Kier molecular flexibility index (Phi) is 6.35. The second kappa shape index (κ2) is 7.53. The number of rotatable bonds is 7. The number of ether oxygens (including phenoxy) is 2. The fourth-order valence-electron chi connectivity index (χ4n) is 1.56. The molecule has 0 radical (unpaired) electrons. The van der Waals surface area contributed by atoms with Crippen LogP contribution in [0.5, 0.6) is 0 Å². The number of hydrogen-bond acceptors (Lipinski definition) is 4. The van der Waals surface area contributed by atoms with Gasteiger partial charge in [0.05, 0.1) is 10.7 Å². The van der Waals surface area contributed by atoms with Gasteiger partial charge in [-0.3, -0.25) is 0 Å². The minimum atomic E-state index is -0.363. The van der Waals surface area contributed by atoms with Crippen LogP contribution in [-0.2, 0) is 9.47 Å². The molecule has 102 valence electrons. The van der Waals surface area contributed by atoms with Crippen molar-refractivity contribution in [2.45, 2.75) is 18.8 Å². The number of halogens is 2. The average molecular weight is 277 g/mol. The Morgan fingerprint density at radius 1 is 1.39 bits per heavy atom. The summed E-state index contributed by atoms with van der Waals surface area (Å²) in [6.07, 6.45) is 0.175. The summed E-state index contributed by atoms with van der Waals surface area (Å²) < 4.78 is 23.3. The van der Waals surface area contributed by atoms with E-state index < -0.39 is 0 Å². The summed E-state index contributed by atoms with van der Waals surface area (Å²) in [5.74, 6) is -0.354. The van der Waals surface area contributed by atoms with Gasteiger partial charge in [-0.05, 0) is 18.2 Å². The summed E-state index contributed by atoms with van der Waals surface area (Å²) in [6, 6.07) is 4.02. The molecule has 4 nitrogen and oxygen atoms in total. The van der Waals surface area contributed by atoms with E-state index in [0.717, 1.165) is 0 Å². The molecule has 0 aromatic heterocycles. The number of nitrogens with one attached hydrogen (secondary N) is 1. The molecule has 0 aliphatic rings. The van der Waals surface area contributed by atoms with Crippen molar-refractivity contribution >= 4 is 17.3 Å². The maximum Gasteiger partial charge on any atom is 0.158 e. The normalized spacial score (nSPS) is 12.8. The minimum Gasteiger partial charge on any atom is -0.380 e. The van der Waals surface area contributed by atoms with Crippen LogP contribution in [0.2, 0.25) is 5.02 Å². The summed E-state index contributed by atoms with van der Waals surface area (Å²) in [4.78, 5) is 0. The Morgan fingerprint density at radius 2 is 2.06 bits per heavy atom. The number of benzene rings is 1. The lowest BCUT2D eigenvalue weighted by Gasteiger charge is -2.23. The molecule has 3 N–H and O–H groups in total. The van der Waals surface area contributed by atoms with Gasteiger partial charge in [0.1, 0.15) is 5.82 Å². The lowest BCUT2D eigenvalue weighted by molar-refractivity contribution is -0.107. The van der Waals surface area contributed by atoms with Crippen LogP contribution >= 0.6 is 11.6 Å². The van der Waals surface area contributed by atoms with Crippen molar-refractivity contribution in [3.05, 3.63) is 29.0 Å². The predicted octanol–water partition coefficient (Wildman–Crippen LogP) is 2.23.